The van der Waals surface area contributed by atoms with Gasteiger partial charge < -0.3 is 10.6 Å². The maximum Gasteiger partial charge on any atom is 0.191 e. The zero-order chi connectivity index (χ0) is 15.8. The Labute approximate surface area is 161 Å². The molecule has 1 atom stereocenters. The summed E-state index contributed by atoms with van der Waals surface area (Å²) in [5, 5.41) is 8.57. The molecule has 1 aromatic heterocycles. The van der Waals surface area contributed by atoms with E-state index in [1.165, 1.54) is 10.4 Å². The Balaban J connectivity index is 0.00000264. The number of halogens is 1. The van der Waals surface area contributed by atoms with E-state index in [0.29, 0.717) is 12.3 Å². The zero-order valence-electron chi connectivity index (χ0n) is 13.2. The highest BCUT2D eigenvalue weighted by Gasteiger charge is 2.05. The van der Waals surface area contributed by atoms with Gasteiger partial charge in [0.05, 0.1) is 17.3 Å². The first kappa shape index (κ1) is 20.1. The first-order valence-electron chi connectivity index (χ1n) is 7.11. The van der Waals surface area contributed by atoms with Crippen molar-refractivity contribution in [1.82, 2.24) is 10.6 Å². The molecule has 2 aromatic rings. The number of nitrogens with zero attached hydrogens (tertiary/aromatic N) is 1. The van der Waals surface area contributed by atoms with Crippen LogP contribution in [0.2, 0.25) is 0 Å². The highest BCUT2D eigenvalue weighted by atomic mass is 127. The summed E-state index contributed by atoms with van der Waals surface area (Å²) in [7, 11) is 0.759. The van der Waals surface area contributed by atoms with Gasteiger partial charge in [0.1, 0.15) is 0 Å². The molecule has 7 heteroatoms. The molecule has 1 unspecified atom stereocenters. The lowest BCUT2D eigenvalue weighted by molar-refractivity contribution is 0.681. The van der Waals surface area contributed by atoms with Crippen LogP contribution in [0.15, 0.2) is 51.7 Å². The zero-order valence-corrected chi connectivity index (χ0v) is 17.2. The third-order valence-corrected chi connectivity index (χ3v) is 5.59. The quantitative estimate of drug-likeness (QED) is 0.393. The van der Waals surface area contributed by atoms with Crippen molar-refractivity contribution < 1.29 is 4.21 Å². The van der Waals surface area contributed by atoms with Gasteiger partial charge >= 0.3 is 0 Å². The topological polar surface area (TPSA) is 53.5 Å². The van der Waals surface area contributed by atoms with Crippen molar-refractivity contribution in [2.45, 2.75) is 18.4 Å². The van der Waals surface area contributed by atoms with Gasteiger partial charge in [0.2, 0.25) is 0 Å². The number of thiophene rings is 1. The molecular formula is C16H22IN3OS2. The highest BCUT2D eigenvalue weighted by Crippen LogP contribution is 2.14. The second-order valence-corrected chi connectivity index (χ2v) is 7.31. The van der Waals surface area contributed by atoms with Crippen molar-refractivity contribution in [2.24, 2.45) is 4.99 Å². The molecule has 1 aromatic carbocycles. The van der Waals surface area contributed by atoms with E-state index in [4.69, 9.17) is 0 Å². The molecule has 23 heavy (non-hydrogen) atoms. The van der Waals surface area contributed by atoms with Crippen LogP contribution in [0.4, 0.5) is 0 Å². The number of nitrogens with one attached hydrogen (secondary N) is 2. The van der Waals surface area contributed by atoms with Crippen molar-refractivity contribution in [3.63, 3.8) is 0 Å². The number of hydrogen-bond acceptors (Lipinski definition) is 3. The predicted octanol–water partition coefficient (Wildman–Crippen LogP) is 3.15. The molecule has 0 fully saturated rings. The minimum atomic E-state index is -0.982. The summed E-state index contributed by atoms with van der Waals surface area (Å²) < 4.78 is 12.1. The van der Waals surface area contributed by atoms with E-state index in [1.54, 1.807) is 18.4 Å². The maximum absolute atomic E-state index is 12.1. The summed E-state index contributed by atoms with van der Waals surface area (Å²) in [6, 6.07) is 11.6. The Morgan fingerprint density at radius 2 is 1.96 bits per heavy atom. The second kappa shape index (κ2) is 10.8. The average Bonchev–Trinajstić information content (AvgIpc) is 2.96. The normalized spacial score (nSPS) is 12.3. The Morgan fingerprint density at radius 3 is 2.57 bits per heavy atom. The first-order valence-corrected chi connectivity index (χ1v) is 9.31. The van der Waals surface area contributed by atoms with E-state index in [2.05, 4.69) is 34.0 Å². The third-order valence-electron chi connectivity index (χ3n) is 3.19. The molecule has 0 saturated heterocycles. The lowest BCUT2D eigenvalue weighted by Crippen LogP contribution is -2.38. The molecule has 126 valence electrons. The van der Waals surface area contributed by atoms with Gasteiger partial charge in [0, 0.05) is 29.1 Å². The van der Waals surface area contributed by atoms with E-state index < -0.39 is 10.8 Å². The molecular weight excluding hydrogens is 441 g/mol. The monoisotopic (exact) mass is 463 g/mol. The largest absolute Gasteiger partial charge is 0.355 e. The van der Waals surface area contributed by atoms with Gasteiger partial charge in [0.15, 0.2) is 5.96 Å². The van der Waals surface area contributed by atoms with E-state index in [0.717, 1.165) is 17.4 Å². The van der Waals surface area contributed by atoms with Crippen molar-refractivity contribution in [3.8, 4) is 0 Å². The molecule has 0 bridgehead atoms. The Morgan fingerprint density at radius 1 is 1.22 bits per heavy atom. The van der Waals surface area contributed by atoms with Crippen LogP contribution in [0, 0.1) is 6.92 Å². The van der Waals surface area contributed by atoms with Gasteiger partial charge in [-0.1, -0.05) is 18.2 Å². The number of guanidine groups is 1. The highest BCUT2D eigenvalue weighted by molar-refractivity contribution is 14.0. The van der Waals surface area contributed by atoms with Gasteiger partial charge in [-0.05, 0) is 36.1 Å². The minimum Gasteiger partial charge on any atom is -0.355 e. The van der Waals surface area contributed by atoms with Crippen molar-refractivity contribution in [2.75, 3.05) is 19.3 Å². The van der Waals surface area contributed by atoms with Crippen LogP contribution >= 0.6 is 35.3 Å². The molecule has 0 aliphatic carbocycles. The smallest absolute Gasteiger partial charge is 0.191 e. The average molecular weight is 463 g/mol. The van der Waals surface area contributed by atoms with Gasteiger partial charge in [-0.2, -0.15) is 0 Å². The van der Waals surface area contributed by atoms with Crippen molar-refractivity contribution in [1.29, 1.82) is 0 Å². The fourth-order valence-electron chi connectivity index (χ4n) is 1.92. The van der Waals surface area contributed by atoms with E-state index in [-0.39, 0.29) is 24.0 Å². The van der Waals surface area contributed by atoms with Crippen LogP contribution in [-0.2, 0) is 17.3 Å². The number of benzene rings is 1. The molecule has 1 heterocycles. The Bertz CT molecular complexity index is 644. The molecule has 0 aliphatic heterocycles. The molecule has 4 nitrogen and oxygen atoms in total. The van der Waals surface area contributed by atoms with Crippen LogP contribution in [-0.4, -0.2) is 29.5 Å². The molecule has 2 rings (SSSR count). The summed E-state index contributed by atoms with van der Waals surface area (Å²) in [6.45, 7) is 3.47. The summed E-state index contributed by atoms with van der Waals surface area (Å²) in [4.78, 5) is 6.35. The SMILES string of the molecule is CN=C(NCCS(=O)c1ccccc1)NCc1sccc1C.I. The second-order valence-electron chi connectivity index (χ2n) is 4.74. The standard InChI is InChI=1S/C16H21N3OS2.HI/c1-13-8-10-21-15(13)12-19-16(17-2)18-9-11-22(20)14-6-4-3-5-7-14;/h3-8,10H,9,11-12H2,1-2H3,(H2,17,18,19);1H. The lowest BCUT2D eigenvalue weighted by Gasteiger charge is -2.11. The summed E-state index contributed by atoms with van der Waals surface area (Å²) in [6.07, 6.45) is 0. The molecule has 0 radical (unpaired) electrons. The van der Waals surface area contributed by atoms with Gasteiger partial charge in [-0.25, -0.2) is 0 Å². The molecule has 0 saturated carbocycles. The minimum absolute atomic E-state index is 0. The summed E-state index contributed by atoms with van der Waals surface area (Å²) in [5.74, 6) is 1.29. The fraction of sp³-hybridized carbons (Fsp3) is 0.312. The molecule has 0 aliphatic rings. The number of aliphatic imine (C=N–C) groups is 1. The Kier molecular flexibility index (Phi) is 9.42. The molecule has 0 amide bonds. The van der Waals surface area contributed by atoms with Crippen LogP contribution in [0.5, 0.6) is 0 Å². The van der Waals surface area contributed by atoms with E-state index in [1.807, 2.05) is 30.3 Å². The number of rotatable bonds is 6. The summed E-state index contributed by atoms with van der Waals surface area (Å²) >= 11 is 1.73. The third kappa shape index (κ3) is 6.60. The first-order chi connectivity index (χ1) is 10.7. The van der Waals surface area contributed by atoms with Gasteiger partial charge in [0.25, 0.3) is 0 Å². The van der Waals surface area contributed by atoms with Crippen LogP contribution in [0.1, 0.15) is 10.4 Å². The fourth-order valence-corrected chi connectivity index (χ4v) is 3.75. The predicted molar refractivity (Wildman–Crippen MR) is 110 cm³/mol. The van der Waals surface area contributed by atoms with Crippen LogP contribution in [0.3, 0.4) is 0 Å². The summed E-state index contributed by atoms with van der Waals surface area (Å²) in [5.41, 5.74) is 1.29. The number of aryl methyl sites for hydroxylation is 1. The molecule has 0 spiro atoms. The lowest BCUT2D eigenvalue weighted by atomic mass is 10.3. The van der Waals surface area contributed by atoms with Crippen molar-refractivity contribution >= 4 is 52.1 Å². The maximum atomic E-state index is 12.1. The van der Waals surface area contributed by atoms with E-state index in [9.17, 15) is 4.21 Å². The van der Waals surface area contributed by atoms with E-state index >= 15 is 0 Å². The van der Waals surface area contributed by atoms with Gasteiger partial charge in [-0.3, -0.25) is 9.20 Å². The Hall–Kier alpha value is -0.930. The van der Waals surface area contributed by atoms with Crippen molar-refractivity contribution in [3.05, 3.63) is 52.2 Å². The van der Waals surface area contributed by atoms with Crippen LogP contribution in [0.25, 0.3) is 0 Å². The molecule has 2 N–H and O–H groups in total. The van der Waals surface area contributed by atoms with Gasteiger partial charge in [-0.15, -0.1) is 35.3 Å². The number of hydrogen-bond donors (Lipinski definition) is 2. The van der Waals surface area contributed by atoms with Crippen LogP contribution < -0.4 is 10.6 Å².